The van der Waals surface area contributed by atoms with Crippen molar-refractivity contribution in [3.05, 3.63) is 12.2 Å². The fraction of sp³-hybridized carbons (Fsp3) is 0.688. The van der Waals surface area contributed by atoms with E-state index in [0.717, 1.165) is 25.7 Å². The van der Waals surface area contributed by atoms with Crippen molar-refractivity contribution < 1.29 is 19.1 Å². The first-order chi connectivity index (χ1) is 10.2. The summed E-state index contributed by atoms with van der Waals surface area (Å²) in [5.74, 6) is -0.348. The van der Waals surface area contributed by atoms with Gasteiger partial charge >= 0.3 is 5.97 Å². The number of amides is 1. The summed E-state index contributed by atoms with van der Waals surface area (Å²) in [5, 5.41) is 2.58. The zero-order valence-corrected chi connectivity index (χ0v) is 12.7. The molecule has 1 amide bonds. The average Bonchev–Trinajstić information content (AvgIpc) is 2.51. The van der Waals surface area contributed by atoms with E-state index in [2.05, 4.69) is 5.32 Å². The third-order valence-corrected chi connectivity index (χ3v) is 3.65. The molecule has 0 aromatic heterocycles. The molecule has 1 aliphatic rings. The predicted molar refractivity (Wildman–Crippen MR) is 79.6 cm³/mol. The van der Waals surface area contributed by atoms with Crippen molar-refractivity contribution >= 4 is 18.2 Å². The Kier molecular flexibility index (Phi) is 8.40. The number of carbonyl (C=O) groups excluding carboxylic acids is 3. The van der Waals surface area contributed by atoms with Crippen LogP contribution in [0.5, 0.6) is 0 Å². The molecule has 0 radical (unpaired) electrons. The molecule has 0 bridgehead atoms. The first-order valence-corrected chi connectivity index (χ1v) is 7.72. The van der Waals surface area contributed by atoms with Crippen LogP contribution < -0.4 is 5.32 Å². The van der Waals surface area contributed by atoms with Gasteiger partial charge in [-0.15, -0.1) is 0 Å². The van der Waals surface area contributed by atoms with E-state index in [1.807, 2.05) is 0 Å². The first-order valence-electron chi connectivity index (χ1n) is 7.72. The molecule has 0 aromatic rings. The Balaban J connectivity index is 2.17. The van der Waals surface area contributed by atoms with Crippen molar-refractivity contribution in [3.8, 4) is 0 Å². The Morgan fingerprint density at radius 3 is 2.62 bits per heavy atom. The molecule has 1 fully saturated rings. The van der Waals surface area contributed by atoms with Crippen molar-refractivity contribution in [2.45, 2.75) is 57.9 Å². The van der Waals surface area contributed by atoms with Crippen LogP contribution in [0.15, 0.2) is 12.2 Å². The van der Waals surface area contributed by atoms with Gasteiger partial charge in [-0.1, -0.05) is 25.3 Å². The van der Waals surface area contributed by atoms with E-state index in [1.54, 1.807) is 13.0 Å². The van der Waals surface area contributed by atoms with E-state index in [4.69, 9.17) is 4.74 Å². The highest BCUT2D eigenvalue weighted by Gasteiger charge is 2.22. The second-order valence-electron chi connectivity index (χ2n) is 5.40. The molecule has 1 N–H and O–H groups in total. The van der Waals surface area contributed by atoms with Crippen LogP contribution in [0.1, 0.15) is 51.9 Å². The highest BCUT2D eigenvalue weighted by atomic mass is 16.5. The maximum absolute atomic E-state index is 11.8. The number of nitrogens with one attached hydrogen (secondary N) is 1. The SMILES string of the molecule is CC=CC(=O)NC(C=O)CCCOC(=O)C1CCCCC1. The highest BCUT2D eigenvalue weighted by Crippen LogP contribution is 2.24. The zero-order chi connectivity index (χ0) is 15.5. The molecular formula is C16H25NO4. The van der Waals surface area contributed by atoms with E-state index in [1.165, 1.54) is 12.5 Å². The van der Waals surface area contributed by atoms with Crippen LogP contribution in [0.4, 0.5) is 0 Å². The van der Waals surface area contributed by atoms with Gasteiger partial charge in [0.05, 0.1) is 18.6 Å². The maximum Gasteiger partial charge on any atom is 0.308 e. The van der Waals surface area contributed by atoms with Gasteiger partial charge in [0.2, 0.25) is 5.91 Å². The van der Waals surface area contributed by atoms with Crippen molar-refractivity contribution in [1.82, 2.24) is 5.32 Å². The summed E-state index contributed by atoms with van der Waals surface area (Å²) in [6, 6.07) is -0.526. The maximum atomic E-state index is 11.8. The molecule has 21 heavy (non-hydrogen) atoms. The number of carbonyl (C=O) groups is 3. The number of rotatable bonds is 8. The molecular weight excluding hydrogens is 270 g/mol. The molecule has 1 aliphatic carbocycles. The number of esters is 1. The van der Waals surface area contributed by atoms with Crippen LogP contribution in [0.3, 0.4) is 0 Å². The molecule has 1 saturated carbocycles. The molecule has 1 unspecified atom stereocenters. The normalized spacial score (nSPS) is 17.4. The summed E-state index contributed by atoms with van der Waals surface area (Å²) >= 11 is 0. The van der Waals surface area contributed by atoms with Gasteiger partial charge in [-0.25, -0.2) is 0 Å². The van der Waals surface area contributed by atoms with Crippen LogP contribution >= 0.6 is 0 Å². The van der Waals surface area contributed by atoms with E-state index >= 15 is 0 Å². The Morgan fingerprint density at radius 2 is 2.00 bits per heavy atom. The van der Waals surface area contributed by atoms with Gasteiger partial charge in [0.1, 0.15) is 6.29 Å². The van der Waals surface area contributed by atoms with E-state index in [9.17, 15) is 14.4 Å². The minimum Gasteiger partial charge on any atom is -0.465 e. The van der Waals surface area contributed by atoms with Crippen LogP contribution in [0.2, 0.25) is 0 Å². The lowest BCUT2D eigenvalue weighted by Gasteiger charge is -2.20. The number of ether oxygens (including phenoxy) is 1. The van der Waals surface area contributed by atoms with Gasteiger partial charge in [-0.05, 0) is 38.7 Å². The summed E-state index contributed by atoms with van der Waals surface area (Å²) in [4.78, 5) is 34.0. The van der Waals surface area contributed by atoms with E-state index in [-0.39, 0.29) is 17.8 Å². The number of allylic oxidation sites excluding steroid dienone is 1. The van der Waals surface area contributed by atoms with Crippen molar-refractivity contribution in [2.24, 2.45) is 5.92 Å². The van der Waals surface area contributed by atoms with E-state index in [0.29, 0.717) is 25.7 Å². The number of hydrogen-bond acceptors (Lipinski definition) is 4. The smallest absolute Gasteiger partial charge is 0.308 e. The second-order valence-corrected chi connectivity index (χ2v) is 5.40. The van der Waals surface area contributed by atoms with Gasteiger partial charge in [-0.3, -0.25) is 9.59 Å². The molecule has 0 heterocycles. The molecule has 0 aromatic carbocycles. The van der Waals surface area contributed by atoms with Crippen LogP contribution in [0, 0.1) is 5.92 Å². The first kappa shape index (κ1) is 17.4. The molecule has 0 saturated heterocycles. The molecule has 0 spiro atoms. The molecule has 118 valence electrons. The van der Waals surface area contributed by atoms with Gasteiger partial charge in [-0.2, -0.15) is 0 Å². The molecule has 0 aliphatic heterocycles. The van der Waals surface area contributed by atoms with E-state index < -0.39 is 6.04 Å². The van der Waals surface area contributed by atoms with Crippen LogP contribution in [0.25, 0.3) is 0 Å². The minimum atomic E-state index is -0.526. The Morgan fingerprint density at radius 1 is 1.29 bits per heavy atom. The van der Waals surface area contributed by atoms with Crippen molar-refractivity contribution in [2.75, 3.05) is 6.61 Å². The Labute approximate surface area is 126 Å². The quantitative estimate of drug-likeness (QED) is 0.322. The second kappa shape index (κ2) is 10.1. The van der Waals surface area contributed by atoms with Gasteiger partial charge in [0.25, 0.3) is 0 Å². The van der Waals surface area contributed by atoms with Gasteiger partial charge < -0.3 is 14.8 Å². The van der Waals surface area contributed by atoms with Crippen LogP contribution in [-0.4, -0.2) is 30.8 Å². The van der Waals surface area contributed by atoms with Gasteiger partial charge in [0.15, 0.2) is 0 Å². The van der Waals surface area contributed by atoms with Crippen LogP contribution in [-0.2, 0) is 19.1 Å². The summed E-state index contributed by atoms with van der Waals surface area (Å²) in [6.07, 6.45) is 10.0. The molecule has 1 atom stereocenters. The third-order valence-electron chi connectivity index (χ3n) is 3.65. The summed E-state index contributed by atoms with van der Waals surface area (Å²) in [7, 11) is 0. The summed E-state index contributed by atoms with van der Waals surface area (Å²) < 4.78 is 5.25. The lowest BCUT2D eigenvalue weighted by Crippen LogP contribution is -2.35. The average molecular weight is 295 g/mol. The summed E-state index contributed by atoms with van der Waals surface area (Å²) in [6.45, 7) is 2.04. The Hall–Kier alpha value is -1.65. The lowest BCUT2D eigenvalue weighted by atomic mass is 9.89. The third kappa shape index (κ3) is 7.06. The molecule has 1 rings (SSSR count). The van der Waals surface area contributed by atoms with Gasteiger partial charge in [0, 0.05) is 0 Å². The lowest BCUT2D eigenvalue weighted by molar-refractivity contribution is -0.149. The largest absolute Gasteiger partial charge is 0.465 e. The topological polar surface area (TPSA) is 72.5 Å². The number of aldehydes is 1. The molecule has 5 nitrogen and oxygen atoms in total. The fourth-order valence-electron chi connectivity index (χ4n) is 2.49. The monoisotopic (exact) mass is 295 g/mol. The standard InChI is InChI=1S/C16H25NO4/c1-2-7-15(19)17-14(12-18)10-6-11-21-16(20)13-8-4-3-5-9-13/h2,7,12-14H,3-6,8-11H2,1H3,(H,17,19). The minimum absolute atomic E-state index is 0.0509. The highest BCUT2D eigenvalue weighted by molar-refractivity contribution is 5.89. The zero-order valence-electron chi connectivity index (χ0n) is 12.7. The van der Waals surface area contributed by atoms with Crippen molar-refractivity contribution in [1.29, 1.82) is 0 Å². The number of hydrogen-bond donors (Lipinski definition) is 1. The Bertz CT molecular complexity index is 372. The fourth-order valence-corrected chi connectivity index (χ4v) is 2.49. The van der Waals surface area contributed by atoms with Crippen molar-refractivity contribution in [3.63, 3.8) is 0 Å². The predicted octanol–water partition coefficient (Wildman–Crippen LogP) is 2.15. The summed E-state index contributed by atoms with van der Waals surface area (Å²) in [5.41, 5.74) is 0. The molecule has 5 heteroatoms.